The molecular weight excluding hydrogens is 618 g/mol. The Balaban J connectivity index is 1.58. The molecule has 14 heteroatoms. The molecule has 3 amide bonds. The number of aliphatic hydroxyl groups excluding tert-OH is 1. The van der Waals surface area contributed by atoms with Gasteiger partial charge in [-0.1, -0.05) is 25.1 Å². The summed E-state index contributed by atoms with van der Waals surface area (Å²) in [6, 6.07) is 11.9. The molecule has 0 aliphatic carbocycles. The van der Waals surface area contributed by atoms with Gasteiger partial charge in [-0.2, -0.15) is 26.3 Å². The largest absolute Gasteiger partial charge is 0.486 e. The van der Waals surface area contributed by atoms with E-state index >= 15 is 0 Å². The van der Waals surface area contributed by atoms with Crippen molar-refractivity contribution in [2.45, 2.75) is 44.9 Å². The molecule has 3 aromatic carbocycles. The average Bonchev–Trinajstić information content (AvgIpc) is 2.98. The summed E-state index contributed by atoms with van der Waals surface area (Å²) in [7, 11) is 1.77. The van der Waals surface area contributed by atoms with Crippen molar-refractivity contribution in [2.24, 2.45) is 5.92 Å². The number of benzene rings is 3. The Morgan fingerprint density at radius 3 is 2.13 bits per heavy atom. The van der Waals surface area contributed by atoms with Gasteiger partial charge in [0.15, 0.2) is 5.75 Å². The number of hydrogen-bond acceptors (Lipinski definition) is 5. The van der Waals surface area contributed by atoms with E-state index in [4.69, 9.17) is 4.74 Å². The number of carbonyl (C=O) groups excluding carboxylic acids is 2. The summed E-state index contributed by atoms with van der Waals surface area (Å²) < 4.78 is 84.2. The molecule has 0 spiro atoms. The Kier molecular flexibility index (Phi) is 10.5. The number of aliphatic hydroxyl groups is 1. The third kappa shape index (κ3) is 8.49. The highest BCUT2D eigenvalue weighted by molar-refractivity contribution is 6.04. The summed E-state index contributed by atoms with van der Waals surface area (Å²) in [5.41, 5.74) is -0.646. The third-order valence-corrected chi connectivity index (χ3v) is 7.63. The molecule has 248 valence electrons. The number of ether oxygens (including phenoxy) is 1. The van der Waals surface area contributed by atoms with Gasteiger partial charge < -0.3 is 25.4 Å². The second kappa shape index (κ2) is 14.0. The van der Waals surface area contributed by atoms with Gasteiger partial charge in [0.1, 0.15) is 6.10 Å². The van der Waals surface area contributed by atoms with E-state index in [9.17, 15) is 41.0 Å². The molecule has 0 aromatic heterocycles. The van der Waals surface area contributed by atoms with E-state index < -0.39 is 47.6 Å². The number of fused-ring (bicyclic) bond motifs is 1. The van der Waals surface area contributed by atoms with Crippen LogP contribution in [0.15, 0.2) is 66.7 Å². The maximum atomic E-state index is 13.7. The molecule has 3 aromatic rings. The molecule has 0 radical (unpaired) electrons. The number of para-hydroxylation sites is 1. The van der Waals surface area contributed by atoms with Crippen LogP contribution in [0, 0.1) is 5.92 Å². The first kappa shape index (κ1) is 34.6. The predicted molar refractivity (Wildman–Crippen MR) is 159 cm³/mol. The number of nitrogens with one attached hydrogen (secondary N) is 2. The van der Waals surface area contributed by atoms with Crippen LogP contribution in [0.5, 0.6) is 5.75 Å². The summed E-state index contributed by atoms with van der Waals surface area (Å²) in [5, 5.41) is 15.0. The van der Waals surface area contributed by atoms with Gasteiger partial charge in [-0.25, -0.2) is 4.79 Å². The van der Waals surface area contributed by atoms with E-state index in [1.165, 1.54) is 35.2 Å². The number of hydrogen-bond donors (Lipinski definition) is 3. The Hall–Kier alpha value is -4.30. The van der Waals surface area contributed by atoms with Gasteiger partial charge in [0.2, 0.25) is 0 Å². The fourth-order valence-corrected chi connectivity index (χ4v) is 5.07. The average molecular weight is 653 g/mol. The highest BCUT2D eigenvalue weighted by atomic mass is 19.4. The minimum atomic E-state index is -4.54. The maximum Gasteiger partial charge on any atom is 0.416 e. The molecule has 3 N–H and O–H groups in total. The first-order chi connectivity index (χ1) is 21.6. The fraction of sp³-hybridized carbons (Fsp3) is 0.375. The SMILES string of the molecule is C[C@H](CO)N1C[C@H](C)[C@H](CN(C)Cc2ccc(C(F)(F)F)cc2)Oc2c(NC(=O)Nc3ccc(C(F)(F)F)cc3)cccc2C1=O. The van der Waals surface area contributed by atoms with Crippen molar-refractivity contribution in [3.05, 3.63) is 89.0 Å². The monoisotopic (exact) mass is 652 g/mol. The topological polar surface area (TPSA) is 94.1 Å². The smallest absolute Gasteiger partial charge is 0.416 e. The number of halogens is 6. The van der Waals surface area contributed by atoms with Crippen molar-refractivity contribution in [1.82, 2.24) is 9.80 Å². The van der Waals surface area contributed by atoms with Crippen LogP contribution in [-0.2, 0) is 18.9 Å². The van der Waals surface area contributed by atoms with Crippen LogP contribution in [-0.4, -0.2) is 65.7 Å². The summed E-state index contributed by atoms with van der Waals surface area (Å²) in [6.45, 7) is 4.05. The predicted octanol–water partition coefficient (Wildman–Crippen LogP) is 6.72. The molecule has 1 aliphatic rings. The summed E-state index contributed by atoms with van der Waals surface area (Å²) >= 11 is 0. The van der Waals surface area contributed by atoms with Gasteiger partial charge in [0.05, 0.1) is 35.0 Å². The molecule has 4 rings (SSSR count). The van der Waals surface area contributed by atoms with Crippen LogP contribution < -0.4 is 15.4 Å². The van der Waals surface area contributed by atoms with Crippen molar-refractivity contribution in [3.63, 3.8) is 0 Å². The van der Waals surface area contributed by atoms with Gasteiger partial charge in [0, 0.05) is 31.2 Å². The Labute approximate surface area is 261 Å². The number of carbonyl (C=O) groups is 2. The Bertz CT molecular complexity index is 1510. The summed E-state index contributed by atoms with van der Waals surface area (Å²) in [5.74, 6) is -0.674. The van der Waals surface area contributed by atoms with E-state index in [-0.39, 0.29) is 48.3 Å². The van der Waals surface area contributed by atoms with Gasteiger partial charge in [0.25, 0.3) is 5.91 Å². The minimum absolute atomic E-state index is 0.0599. The van der Waals surface area contributed by atoms with Crippen molar-refractivity contribution < 1.29 is 45.8 Å². The zero-order valence-corrected chi connectivity index (χ0v) is 25.2. The number of anilines is 2. The second-order valence-electron chi connectivity index (χ2n) is 11.4. The molecule has 8 nitrogen and oxygen atoms in total. The van der Waals surface area contributed by atoms with E-state index in [2.05, 4.69) is 10.6 Å². The molecule has 0 bridgehead atoms. The zero-order chi connectivity index (χ0) is 33.8. The summed E-state index contributed by atoms with van der Waals surface area (Å²) in [6.07, 6.45) is -9.57. The minimum Gasteiger partial charge on any atom is -0.486 e. The van der Waals surface area contributed by atoms with Gasteiger partial charge in [-0.15, -0.1) is 0 Å². The first-order valence-electron chi connectivity index (χ1n) is 14.4. The van der Waals surface area contributed by atoms with Crippen molar-refractivity contribution in [3.8, 4) is 5.75 Å². The molecule has 46 heavy (non-hydrogen) atoms. The lowest BCUT2D eigenvalue weighted by Crippen LogP contribution is -2.49. The first-order valence-corrected chi connectivity index (χ1v) is 14.4. The molecule has 3 atom stereocenters. The molecule has 1 heterocycles. The number of likely N-dealkylation sites (N-methyl/N-ethyl adjacent to an activating group) is 1. The van der Waals surface area contributed by atoms with Crippen LogP contribution in [0.2, 0.25) is 0 Å². The highest BCUT2D eigenvalue weighted by Crippen LogP contribution is 2.36. The fourth-order valence-electron chi connectivity index (χ4n) is 5.07. The molecule has 0 fully saturated rings. The maximum absolute atomic E-state index is 13.7. The lowest BCUT2D eigenvalue weighted by Gasteiger charge is -2.38. The van der Waals surface area contributed by atoms with Crippen LogP contribution >= 0.6 is 0 Å². The molecule has 0 saturated carbocycles. The third-order valence-electron chi connectivity index (χ3n) is 7.63. The van der Waals surface area contributed by atoms with E-state index in [1.54, 1.807) is 14.0 Å². The lowest BCUT2D eigenvalue weighted by molar-refractivity contribution is -0.138. The quantitative estimate of drug-likeness (QED) is 0.235. The number of nitrogens with zero attached hydrogens (tertiary/aromatic N) is 2. The Morgan fingerprint density at radius 1 is 0.978 bits per heavy atom. The van der Waals surface area contributed by atoms with Gasteiger partial charge >= 0.3 is 18.4 Å². The number of alkyl halides is 6. The number of urea groups is 1. The highest BCUT2D eigenvalue weighted by Gasteiger charge is 2.35. The standard InChI is InChI=1S/C32H34F6N4O4/c1-19-15-42(20(2)18-43)29(44)25-5-4-6-26(40-30(45)39-24-13-11-23(12-14-24)32(36,37)38)28(25)46-27(19)17-41(3)16-21-7-9-22(10-8-21)31(33,34)35/h4-14,19-20,27,43H,15-18H2,1-3H3,(H2,39,40,45)/t19-,20+,27-/m0/s1. The molecular formula is C32H34F6N4O4. The number of amides is 3. The van der Waals surface area contributed by atoms with Crippen molar-refractivity contribution in [2.75, 3.05) is 37.4 Å². The van der Waals surface area contributed by atoms with Crippen molar-refractivity contribution in [1.29, 1.82) is 0 Å². The van der Waals surface area contributed by atoms with Gasteiger partial charge in [-0.05, 0) is 68.1 Å². The molecule has 1 aliphatic heterocycles. The van der Waals surface area contributed by atoms with Crippen LogP contribution in [0.4, 0.5) is 42.5 Å². The molecule has 0 saturated heterocycles. The van der Waals surface area contributed by atoms with Gasteiger partial charge in [-0.3, -0.25) is 9.69 Å². The normalized spacial score (nSPS) is 17.9. The van der Waals surface area contributed by atoms with Crippen LogP contribution in [0.1, 0.15) is 40.9 Å². The molecule has 0 unspecified atom stereocenters. The van der Waals surface area contributed by atoms with E-state index in [0.717, 1.165) is 36.4 Å². The number of rotatable bonds is 8. The van der Waals surface area contributed by atoms with E-state index in [1.807, 2.05) is 11.8 Å². The second-order valence-corrected chi connectivity index (χ2v) is 11.4. The van der Waals surface area contributed by atoms with Crippen LogP contribution in [0.25, 0.3) is 0 Å². The summed E-state index contributed by atoms with van der Waals surface area (Å²) in [4.78, 5) is 30.0. The van der Waals surface area contributed by atoms with E-state index in [0.29, 0.717) is 12.1 Å². The zero-order valence-electron chi connectivity index (χ0n) is 25.2. The lowest BCUT2D eigenvalue weighted by atomic mass is 9.98. The Morgan fingerprint density at radius 2 is 1.57 bits per heavy atom. The van der Waals surface area contributed by atoms with Crippen LogP contribution in [0.3, 0.4) is 0 Å². The van der Waals surface area contributed by atoms with Crippen molar-refractivity contribution >= 4 is 23.3 Å².